The summed E-state index contributed by atoms with van der Waals surface area (Å²) in [5.74, 6) is 1.69. The number of aliphatic hydroxyl groups excluding tert-OH is 1. The number of hydrogen-bond acceptors (Lipinski definition) is 7. The van der Waals surface area contributed by atoms with Gasteiger partial charge in [0.05, 0.1) is 28.9 Å². The molecule has 9 heteroatoms. The Morgan fingerprint density at radius 1 is 1.24 bits per heavy atom. The minimum atomic E-state index is -0.642. The zero-order valence-corrected chi connectivity index (χ0v) is 21.7. The summed E-state index contributed by atoms with van der Waals surface area (Å²) in [5.41, 5.74) is 2.43. The van der Waals surface area contributed by atoms with Crippen LogP contribution in [0.4, 0.5) is 11.5 Å². The van der Waals surface area contributed by atoms with E-state index in [2.05, 4.69) is 31.7 Å². The highest BCUT2D eigenvalue weighted by atomic mass is 35.5. The highest BCUT2D eigenvalue weighted by Crippen LogP contribution is 2.36. The Hall–Kier alpha value is -3.33. The minimum Gasteiger partial charge on any atom is -0.493 e. The largest absolute Gasteiger partial charge is 0.493 e. The zero-order valence-electron chi connectivity index (χ0n) is 20.9. The van der Waals surface area contributed by atoms with Crippen LogP contribution in [0.2, 0.25) is 5.02 Å². The number of halogens is 1. The average Bonchev–Trinajstić information content (AvgIpc) is 3.58. The van der Waals surface area contributed by atoms with Crippen molar-refractivity contribution >= 4 is 44.9 Å². The van der Waals surface area contributed by atoms with Crippen LogP contribution in [0, 0.1) is 0 Å². The van der Waals surface area contributed by atoms with Crippen LogP contribution in [0.3, 0.4) is 0 Å². The number of rotatable bonds is 11. The Bertz CT molecular complexity index is 1390. The summed E-state index contributed by atoms with van der Waals surface area (Å²) in [5, 5.41) is 16.5. The topological polar surface area (TPSA) is 95.5 Å². The first-order valence-corrected chi connectivity index (χ1v) is 13.0. The summed E-state index contributed by atoms with van der Waals surface area (Å²) in [7, 11) is 1.59. The van der Waals surface area contributed by atoms with E-state index in [4.69, 9.17) is 21.1 Å². The molecular formula is C28H32ClN5O3. The van der Waals surface area contributed by atoms with Gasteiger partial charge in [0, 0.05) is 42.2 Å². The van der Waals surface area contributed by atoms with Gasteiger partial charge in [0.15, 0.2) is 11.5 Å². The Labute approximate surface area is 221 Å². The quantitative estimate of drug-likeness (QED) is 0.218. The van der Waals surface area contributed by atoms with E-state index in [0.29, 0.717) is 40.4 Å². The summed E-state index contributed by atoms with van der Waals surface area (Å²) in [6.45, 7) is 5.32. The van der Waals surface area contributed by atoms with E-state index in [1.54, 1.807) is 13.3 Å². The first-order valence-electron chi connectivity index (χ1n) is 12.6. The van der Waals surface area contributed by atoms with Crippen molar-refractivity contribution in [1.82, 2.24) is 19.9 Å². The number of aliphatic hydroxyl groups is 1. The number of methoxy groups -OCH3 is 1. The maximum Gasteiger partial charge on any atom is 0.163 e. The number of H-pyrrole nitrogens is 1. The molecule has 4 aromatic rings. The molecule has 0 amide bonds. The smallest absolute Gasteiger partial charge is 0.163 e. The lowest BCUT2D eigenvalue weighted by molar-refractivity contribution is 0.0570. The van der Waals surface area contributed by atoms with Gasteiger partial charge in [-0.3, -0.25) is 4.90 Å². The van der Waals surface area contributed by atoms with E-state index in [0.717, 1.165) is 28.5 Å². The van der Waals surface area contributed by atoms with Crippen molar-refractivity contribution in [2.45, 2.75) is 37.8 Å². The Morgan fingerprint density at radius 3 is 2.86 bits per heavy atom. The van der Waals surface area contributed by atoms with Crippen molar-refractivity contribution in [3.05, 3.63) is 60.5 Å². The molecule has 0 bridgehead atoms. The molecule has 2 heterocycles. The summed E-state index contributed by atoms with van der Waals surface area (Å²) in [6, 6.07) is 10.0. The first-order chi connectivity index (χ1) is 18.1. The molecule has 1 aliphatic rings. The lowest BCUT2D eigenvalue weighted by atomic mass is 10.2. The predicted octanol–water partition coefficient (Wildman–Crippen LogP) is 5.69. The maximum atomic E-state index is 10.8. The number of fused-ring (bicyclic) bond motifs is 2. The lowest BCUT2D eigenvalue weighted by Crippen LogP contribution is -2.41. The SMILES string of the molecule is C=CCN(CC(O)COc1cc2ncnc(Nc3cccc4c(Cl)c[nH]c34)c2cc1OC)C1CCCC1. The monoisotopic (exact) mass is 521 g/mol. The van der Waals surface area contributed by atoms with Gasteiger partial charge in [0.25, 0.3) is 0 Å². The molecule has 194 valence electrons. The van der Waals surface area contributed by atoms with E-state index in [-0.39, 0.29) is 6.61 Å². The number of hydrogen-bond donors (Lipinski definition) is 3. The predicted molar refractivity (Wildman–Crippen MR) is 148 cm³/mol. The first kappa shape index (κ1) is 25.3. The standard InChI is InChI=1S/C28H32ClN5O3/c1-3-11-34(18-7-4-5-8-18)15-19(35)16-37-26-13-24-21(12-25(26)36-2)28(32-17-31-24)33-23-10-6-9-20-22(29)14-30-27(20)23/h3,6,9-10,12-14,17-19,30,35H,1,4-5,7-8,11,15-16H2,2H3,(H,31,32,33). The molecule has 1 unspecified atom stereocenters. The molecule has 1 atom stereocenters. The van der Waals surface area contributed by atoms with Gasteiger partial charge in [0.2, 0.25) is 0 Å². The van der Waals surface area contributed by atoms with Crippen molar-refractivity contribution in [2.75, 3.05) is 32.1 Å². The summed E-state index contributed by atoms with van der Waals surface area (Å²) >= 11 is 6.29. The van der Waals surface area contributed by atoms with Crippen molar-refractivity contribution in [2.24, 2.45) is 0 Å². The van der Waals surface area contributed by atoms with Crippen molar-refractivity contribution < 1.29 is 14.6 Å². The van der Waals surface area contributed by atoms with Crippen LogP contribution in [0.25, 0.3) is 21.8 Å². The van der Waals surface area contributed by atoms with Gasteiger partial charge in [-0.05, 0) is 25.0 Å². The van der Waals surface area contributed by atoms with Crippen LogP contribution >= 0.6 is 11.6 Å². The van der Waals surface area contributed by atoms with Gasteiger partial charge in [-0.2, -0.15) is 0 Å². The number of nitrogens with zero attached hydrogens (tertiary/aromatic N) is 3. The Kier molecular flexibility index (Phi) is 7.79. The number of anilines is 2. The molecule has 37 heavy (non-hydrogen) atoms. The number of aromatic amines is 1. The molecule has 0 spiro atoms. The molecular weight excluding hydrogens is 490 g/mol. The van der Waals surface area contributed by atoms with Gasteiger partial charge >= 0.3 is 0 Å². The van der Waals surface area contributed by atoms with Gasteiger partial charge in [-0.25, -0.2) is 9.97 Å². The molecule has 1 saturated carbocycles. The molecule has 8 nitrogen and oxygen atoms in total. The Morgan fingerprint density at radius 2 is 2.08 bits per heavy atom. The summed E-state index contributed by atoms with van der Waals surface area (Å²) < 4.78 is 11.7. The number of aromatic nitrogens is 3. The third-order valence-corrected chi connectivity index (χ3v) is 7.23. The van der Waals surface area contributed by atoms with Crippen LogP contribution < -0.4 is 14.8 Å². The molecule has 1 fully saturated rings. The highest BCUT2D eigenvalue weighted by molar-refractivity contribution is 6.36. The van der Waals surface area contributed by atoms with Crippen molar-refractivity contribution in [3.63, 3.8) is 0 Å². The molecule has 0 aliphatic heterocycles. The minimum absolute atomic E-state index is 0.147. The van der Waals surface area contributed by atoms with Crippen LogP contribution in [0.5, 0.6) is 11.5 Å². The molecule has 5 rings (SSSR count). The fraction of sp³-hybridized carbons (Fsp3) is 0.357. The third-order valence-electron chi connectivity index (χ3n) is 6.92. The van der Waals surface area contributed by atoms with Gasteiger partial charge < -0.3 is 24.9 Å². The van der Waals surface area contributed by atoms with Crippen LogP contribution in [-0.4, -0.2) is 63.9 Å². The van der Waals surface area contributed by atoms with Crippen molar-refractivity contribution in [3.8, 4) is 11.5 Å². The van der Waals surface area contributed by atoms with Crippen LogP contribution in [0.15, 0.2) is 55.5 Å². The average molecular weight is 522 g/mol. The van der Waals surface area contributed by atoms with E-state index in [9.17, 15) is 5.11 Å². The summed E-state index contributed by atoms with van der Waals surface area (Å²) in [4.78, 5) is 14.4. The fourth-order valence-electron chi connectivity index (χ4n) is 5.11. The molecule has 1 aliphatic carbocycles. The molecule has 3 N–H and O–H groups in total. The second-order valence-corrected chi connectivity index (χ2v) is 9.79. The molecule has 2 aromatic carbocycles. The van der Waals surface area contributed by atoms with Crippen LogP contribution in [0.1, 0.15) is 25.7 Å². The fourth-order valence-corrected chi connectivity index (χ4v) is 5.32. The number of nitrogens with one attached hydrogen (secondary N) is 2. The lowest BCUT2D eigenvalue weighted by Gasteiger charge is -2.29. The highest BCUT2D eigenvalue weighted by Gasteiger charge is 2.24. The molecule has 0 radical (unpaired) electrons. The van der Waals surface area contributed by atoms with E-state index < -0.39 is 6.10 Å². The molecule has 2 aromatic heterocycles. The van der Waals surface area contributed by atoms with E-state index >= 15 is 0 Å². The second kappa shape index (κ2) is 11.4. The van der Waals surface area contributed by atoms with Gasteiger partial charge in [-0.15, -0.1) is 6.58 Å². The number of para-hydroxylation sites is 1. The summed E-state index contributed by atoms with van der Waals surface area (Å²) in [6.07, 6.45) is 9.35. The number of benzene rings is 2. The Balaban J connectivity index is 1.34. The normalized spacial score (nSPS) is 14.9. The maximum absolute atomic E-state index is 10.8. The van der Waals surface area contributed by atoms with Crippen LogP contribution in [-0.2, 0) is 0 Å². The second-order valence-electron chi connectivity index (χ2n) is 9.38. The van der Waals surface area contributed by atoms with E-state index in [1.165, 1.54) is 32.0 Å². The molecule has 0 saturated heterocycles. The van der Waals surface area contributed by atoms with Gasteiger partial charge in [0.1, 0.15) is 24.9 Å². The van der Waals surface area contributed by atoms with Crippen molar-refractivity contribution in [1.29, 1.82) is 0 Å². The van der Waals surface area contributed by atoms with E-state index in [1.807, 2.05) is 36.4 Å². The third kappa shape index (κ3) is 5.51. The number of ether oxygens (including phenoxy) is 2. The zero-order chi connectivity index (χ0) is 25.8. The van der Waals surface area contributed by atoms with Gasteiger partial charge in [-0.1, -0.05) is 42.7 Å².